The summed E-state index contributed by atoms with van der Waals surface area (Å²) in [6.45, 7) is 1.61. The van der Waals surface area contributed by atoms with Crippen LogP contribution in [0, 0.1) is 11.8 Å². The number of carbonyl (C=O) groups excluding carboxylic acids is 1. The van der Waals surface area contributed by atoms with Crippen LogP contribution >= 0.6 is 11.3 Å². The Morgan fingerprint density at radius 2 is 2.26 bits per heavy atom. The monoisotopic (exact) mass is 330 g/mol. The predicted octanol–water partition coefficient (Wildman–Crippen LogP) is 3.28. The van der Waals surface area contributed by atoms with Crippen molar-refractivity contribution in [1.29, 1.82) is 0 Å². The molecule has 120 valence electrons. The Kier molecular flexibility index (Phi) is 4.53. The van der Waals surface area contributed by atoms with Gasteiger partial charge in [0.25, 0.3) is 0 Å². The number of benzene rings is 1. The normalized spacial score (nSPS) is 21.7. The number of primary amides is 1. The van der Waals surface area contributed by atoms with Crippen molar-refractivity contribution >= 4 is 27.5 Å². The minimum atomic E-state index is -0.915. The third kappa shape index (κ3) is 3.48. The van der Waals surface area contributed by atoms with Crippen molar-refractivity contribution in [3.63, 3.8) is 0 Å². The summed E-state index contributed by atoms with van der Waals surface area (Å²) in [5.41, 5.74) is 4.99. The van der Waals surface area contributed by atoms with Gasteiger partial charge >= 0.3 is 6.03 Å². The highest BCUT2D eigenvalue weighted by atomic mass is 32.1. The summed E-state index contributed by atoms with van der Waals surface area (Å²) in [6.07, 6.45) is 1.62. The van der Waals surface area contributed by atoms with Crippen LogP contribution in [-0.2, 0) is 4.74 Å². The van der Waals surface area contributed by atoms with E-state index in [9.17, 15) is 10.0 Å². The highest BCUT2D eigenvalue weighted by Crippen LogP contribution is 2.38. The Hall–Kier alpha value is -2.07. The number of thiophene rings is 1. The van der Waals surface area contributed by atoms with Crippen molar-refractivity contribution in [1.82, 2.24) is 5.06 Å². The van der Waals surface area contributed by atoms with E-state index >= 15 is 0 Å². The van der Waals surface area contributed by atoms with Gasteiger partial charge in [-0.3, -0.25) is 5.21 Å². The average molecular weight is 330 g/mol. The highest BCUT2D eigenvalue weighted by Gasteiger charge is 2.26. The number of carbonyl (C=O) groups is 1. The minimum absolute atomic E-state index is 0.0587. The van der Waals surface area contributed by atoms with Crippen LogP contribution in [0.25, 0.3) is 10.1 Å². The fourth-order valence-electron chi connectivity index (χ4n) is 2.58. The molecule has 0 unspecified atom stereocenters. The number of nitrogens with zero attached hydrogens (tertiary/aromatic N) is 1. The fourth-order valence-corrected chi connectivity index (χ4v) is 3.72. The lowest BCUT2D eigenvalue weighted by atomic mass is 10.1. The van der Waals surface area contributed by atoms with Gasteiger partial charge in [0.2, 0.25) is 0 Å². The molecule has 2 heterocycles. The van der Waals surface area contributed by atoms with Gasteiger partial charge in [0.1, 0.15) is 12.1 Å². The van der Waals surface area contributed by atoms with Gasteiger partial charge in [-0.2, -0.15) is 5.06 Å². The summed E-state index contributed by atoms with van der Waals surface area (Å²) >= 11 is 1.75. The van der Waals surface area contributed by atoms with E-state index in [1.54, 1.807) is 18.3 Å². The molecule has 5 nitrogen and oxygen atoms in total. The zero-order chi connectivity index (χ0) is 16.4. The number of amides is 2. The lowest BCUT2D eigenvalue weighted by Crippen LogP contribution is -2.38. The maximum absolute atomic E-state index is 10.9. The van der Waals surface area contributed by atoms with Crippen LogP contribution in [0.15, 0.2) is 30.3 Å². The van der Waals surface area contributed by atoms with E-state index in [1.807, 2.05) is 12.1 Å². The lowest BCUT2D eigenvalue weighted by molar-refractivity contribution is -0.0537. The van der Waals surface area contributed by atoms with Gasteiger partial charge in [0, 0.05) is 9.58 Å². The van der Waals surface area contributed by atoms with Crippen LogP contribution in [0.4, 0.5) is 4.79 Å². The molecular formula is C17H18N2O3S. The number of hydroxylamine groups is 2. The van der Waals surface area contributed by atoms with E-state index in [-0.39, 0.29) is 12.2 Å². The molecule has 1 aromatic heterocycles. The van der Waals surface area contributed by atoms with Crippen molar-refractivity contribution < 1.29 is 14.7 Å². The molecule has 0 spiro atoms. The number of rotatable bonds is 2. The predicted molar refractivity (Wildman–Crippen MR) is 89.1 cm³/mol. The zero-order valence-electron chi connectivity index (χ0n) is 12.7. The molecule has 6 heteroatoms. The first kappa shape index (κ1) is 15.8. The molecule has 1 fully saturated rings. The Bertz CT molecular complexity index is 744. The van der Waals surface area contributed by atoms with Crippen molar-refractivity contribution in [2.75, 3.05) is 0 Å². The van der Waals surface area contributed by atoms with Crippen LogP contribution < -0.4 is 5.73 Å². The van der Waals surface area contributed by atoms with Crippen molar-refractivity contribution in [3.8, 4) is 11.8 Å². The van der Waals surface area contributed by atoms with E-state index in [0.29, 0.717) is 5.06 Å². The standard InChI is InChI=1S/C17H18N2O3S/c1-11(19(21)17(18)20)6-7-13-8-9-14(22-13)16-10-12-4-2-3-5-15(12)23-16/h2-5,10-11,13-14,21H,8-9H2,1H3,(H2,18,20)/t11-,13+,14-/m0/s1. The number of urea groups is 1. The minimum Gasteiger partial charge on any atom is -0.357 e. The molecule has 3 N–H and O–H groups in total. The molecular weight excluding hydrogens is 312 g/mol. The molecule has 1 aliphatic rings. The van der Waals surface area contributed by atoms with Crippen LogP contribution in [-0.4, -0.2) is 28.4 Å². The largest absolute Gasteiger partial charge is 0.357 e. The second kappa shape index (κ2) is 6.59. The number of hydrogen-bond acceptors (Lipinski definition) is 4. The first-order valence-electron chi connectivity index (χ1n) is 7.47. The van der Waals surface area contributed by atoms with Crippen LogP contribution in [0.2, 0.25) is 0 Å². The average Bonchev–Trinajstić information content (AvgIpc) is 3.17. The van der Waals surface area contributed by atoms with E-state index < -0.39 is 12.1 Å². The molecule has 23 heavy (non-hydrogen) atoms. The third-order valence-electron chi connectivity index (χ3n) is 3.83. The van der Waals surface area contributed by atoms with Gasteiger partial charge in [-0.05, 0) is 37.3 Å². The van der Waals surface area contributed by atoms with Gasteiger partial charge in [-0.1, -0.05) is 30.0 Å². The van der Waals surface area contributed by atoms with Crippen LogP contribution in [0.1, 0.15) is 30.7 Å². The summed E-state index contributed by atoms with van der Waals surface area (Å²) in [5, 5.41) is 11.1. The molecule has 3 atom stereocenters. The van der Waals surface area contributed by atoms with E-state index in [0.717, 1.165) is 12.8 Å². The number of hydrogen-bond donors (Lipinski definition) is 2. The number of nitrogens with two attached hydrogens (primary N) is 1. The first-order valence-corrected chi connectivity index (χ1v) is 8.29. The zero-order valence-corrected chi connectivity index (χ0v) is 13.5. The molecule has 1 saturated heterocycles. The van der Waals surface area contributed by atoms with Crippen LogP contribution in [0.3, 0.4) is 0 Å². The SMILES string of the molecule is C[C@@H](C#C[C@@H]1CC[C@@H](c2cc3ccccc3s2)O1)N(O)C(N)=O. The Labute approximate surface area is 138 Å². The molecule has 0 bridgehead atoms. The second-order valence-electron chi connectivity index (χ2n) is 5.52. The summed E-state index contributed by atoms with van der Waals surface area (Å²) < 4.78 is 7.24. The molecule has 0 aliphatic carbocycles. The first-order chi connectivity index (χ1) is 11.0. The Balaban J connectivity index is 1.66. The maximum Gasteiger partial charge on any atom is 0.339 e. The third-order valence-corrected chi connectivity index (χ3v) is 5.04. The van der Waals surface area contributed by atoms with E-state index in [4.69, 9.17) is 10.5 Å². The van der Waals surface area contributed by atoms with Crippen molar-refractivity contribution in [3.05, 3.63) is 35.2 Å². The van der Waals surface area contributed by atoms with Crippen LogP contribution in [0.5, 0.6) is 0 Å². The van der Waals surface area contributed by atoms with Gasteiger partial charge in [-0.15, -0.1) is 11.3 Å². The maximum atomic E-state index is 10.9. The molecule has 0 saturated carbocycles. The number of fused-ring (bicyclic) bond motifs is 1. The van der Waals surface area contributed by atoms with Gasteiger partial charge in [-0.25, -0.2) is 4.79 Å². The van der Waals surface area contributed by atoms with E-state index in [1.165, 1.54) is 15.0 Å². The summed E-state index contributed by atoms with van der Waals surface area (Å²) in [4.78, 5) is 12.1. The van der Waals surface area contributed by atoms with Gasteiger partial charge in [0.15, 0.2) is 0 Å². The summed E-state index contributed by atoms with van der Waals surface area (Å²) in [5.74, 6) is 5.78. The molecule has 2 aromatic rings. The highest BCUT2D eigenvalue weighted by molar-refractivity contribution is 7.19. The fraction of sp³-hybridized carbons (Fsp3) is 0.353. The second-order valence-corrected chi connectivity index (χ2v) is 6.64. The molecule has 0 radical (unpaired) electrons. The van der Waals surface area contributed by atoms with Gasteiger partial charge < -0.3 is 10.5 Å². The molecule has 3 rings (SSSR count). The lowest BCUT2D eigenvalue weighted by Gasteiger charge is -2.15. The Morgan fingerprint density at radius 3 is 3.00 bits per heavy atom. The number of ether oxygens (including phenoxy) is 1. The smallest absolute Gasteiger partial charge is 0.339 e. The van der Waals surface area contributed by atoms with E-state index in [2.05, 4.69) is 30.0 Å². The van der Waals surface area contributed by atoms with Gasteiger partial charge in [0.05, 0.1) is 6.10 Å². The summed E-state index contributed by atoms with van der Waals surface area (Å²) in [6, 6.07) is 8.88. The topological polar surface area (TPSA) is 75.8 Å². The van der Waals surface area contributed by atoms with Crippen molar-refractivity contribution in [2.45, 2.75) is 38.0 Å². The quantitative estimate of drug-likeness (QED) is 0.504. The summed E-state index contributed by atoms with van der Waals surface area (Å²) in [7, 11) is 0. The molecule has 2 amide bonds. The molecule has 1 aliphatic heterocycles. The Morgan fingerprint density at radius 1 is 1.48 bits per heavy atom. The molecule has 1 aromatic carbocycles. The van der Waals surface area contributed by atoms with Crippen molar-refractivity contribution in [2.24, 2.45) is 5.73 Å².